The van der Waals surface area contributed by atoms with Crippen molar-refractivity contribution >= 4 is 23.4 Å². The first kappa shape index (κ1) is 15.3. The average molecular weight is 303 g/mol. The molecule has 0 fully saturated rings. The molecule has 21 heavy (non-hydrogen) atoms. The van der Waals surface area contributed by atoms with E-state index in [-0.39, 0.29) is 5.91 Å². The van der Waals surface area contributed by atoms with Crippen LogP contribution in [0.25, 0.3) is 0 Å². The molecule has 0 atom stereocenters. The average Bonchev–Trinajstić information content (AvgIpc) is 2.54. The predicted molar refractivity (Wildman–Crippen MR) is 85.7 cm³/mol. The second-order valence-electron chi connectivity index (χ2n) is 4.20. The molecule has 1 N–H and O–H groups in total. The minimum absolute atomic E-state index is 0.229. The molecule has 0 bridgehead atoms. The van der Waals surface area contributed by atoms with Crippen molar-refractivity contribution < 1.29 is 14.3 Å². The Morgan fingerprint density at radius 3 is 2.48 bits per heavy atom. The molecule has 4 nitrogen and oxygen atoms in total. The molecule has 0 radical (unpaired) electrons. The van der Waals surface area contributed by atoms with E-state index in [1.54, 1.807) is 37.1 Å². The number of hydrogen-bond donors (Lipinski definition) is 1. The first-order valence-corrected chi connectivity index (χ1v) is 7.59. The molecule has 0 unspecified atom stereocenters. The number of nitrogens with one attached hydrogen (secondary N) is 1. The van der Waals surface area contributed by atoms with Crippen LogP contribution in [-0.2, 0) is 0 Å². The summed E-state index contributed by atoms with van der Waals surface area (Å²) in [4.78, 5) is 13.5. The molecular formula is C16H17NO3S. The van der Waals surface area contributed by atoms with Crippen molar-refractivity contribution in [2.45, 2.75) is 4.90 Å². The first-order valence-electron chi connectivity index (χ1n) is 6.36. The number of ether oxygens (including phenoxy) is 2. The smallest absolute Gasteiger partial charge is 0.259 e. The van der Waals surface area contributed by atoms with Crippen molar-refractivity contribution in [2.75, 3.05) is 25.8 Å². The van der Waals surface area contributed by atoms with Gasteiger partial charge in [-0.15, -0.1) is 11.8 Å². The molecule has 2 aromatic carbocycles. The Kier molecular flexibility index (Phi) is 5.11. The molecule has 0 aliphatic rings. The number of carbonyl (C=O) groups excluding carboxylic acids is 1. The van der Waals surface area contributed by atoms with Crippen LogP contribution in [0, 0.1) is 0 Å². The van der Waals surface area contributed by atoms with E-state index in [1.165, 1.54) is 7.11 Å². The lowest BCUT2D eigenvalue weighted by atomic mass is 10.1. The van der Waals surface area contributed by atoms with E-state index < -0.39 is 0 Å². The Hall–Kier alpha value is -2.14. The zero-order valence-corrected chi connectivity index (χ0v) is 13.0. The molecule has 0 aliphatic heterocycles. The van der Waals surface area contributed by atoms with Gasteiger partial charge in [-0.3, -0.25) is 4.79 Å². The van der Waals surface area contributed by atoms with E-state index in [2.05, 4.69) is 5.32 Å². The Morgan fingerprint density at radius 2 is 1.81 bits per heavy atom. The summed E-state index contributed by atoms with van der Waals surface area (Å²) < 4.78 is 10.5. The fourth-order valence-corrected chi connectivity index (χ4v) is 2.56. The lowest BCUT2D eigenvalue weighted by Gasteiger charge is -2.13. The summed E-state index contributed by atoms with van der Waals surface area (Å²) in [5.74, 6) is 0.731. The van der Waals surface area contributed by atoms with E-state index in [9.17, 15) is 4.79 Å². The van der Waals surface area contributed by atoms with Gasteiger partial charge in [0.1, 0.15) is 0 Å². The number of carbonyl (C=O) groups is 1. The number of methoxy groups -OCH3 is 2. The van der Waals surface area contributed by atoms with Crippen LogP contribution in [-0.4, -0.2) is 26.4 Å². The van der Waals surface area contributed by atoms with Crippen LogP contribution in [0.2, 0.25) is 0 Å². The molecular weight excluding hydrogens is 286 g/mol. The van der Waals surface area contributed by atoms with Crippen molar-refractivity contribution in [3.63, 3.8) is 0 Å². The molecule has 0 aromatic heterocycles. The Balaban J connectivity index is 2.33. The Bertz CT molecular complexity index is 643. The van der Waals surface area contributed by atoms with Gasteiger partial charge in [-0.1, -0.05) is 18.2 Å². The third-order valence-electron chi connectivity index (χ3n) is 3.00. The second kappa shape index (κ2) is 7.04. The van der Waals surface area contributed by atoms with Crippen LogP contribution >= 0.6 is 11.8 Å². The van der Waals surface area contributed by atoms with Crippen molar-refractivity contribution in [1.29, 1.82) is 0 Å². The zero-order chi connectivity index (χ0) is 15.2. The summed E-state index contributed by atoms with van der Waals surface area (Å²) in [6.45, 7) is 0. The van der Waals surface area contributed by atoms with E-state index in [1.807, 2.05) is 30.5 Å². The quantitative estimate of drug-likeness (QED) is 0.856. The second-order valence-corrected chi connectivity index (χ2v) is 5.04. The van der Waals surface area contributed by atoms with Crippen molar-refractivity contribution in [3.05, 3.63) is 48.0 Å². The summed E-state index contributed by atoms with van der Waals surface area (Å²) in [7, 11) is 3.06. The van der Waals surface area contributed by atoms with Gasteiger partial charge in [0.15, 0.2) is 11.5 Å². The molecule has 5 heteroatoms. The van der Waals surface area contributed by atoms with Crippen molar-refractivity contribution in [2.24, 2.45) is 0 Å². The van der Waals surface area contributed by atoms with E-state index in [4.69, 9.17) is 9.47 Å². The lowest BCUT2D eigenvalue weighted by Crippen LogP contribution is -2.14. The molecule has 2 rings (SSSR count). The minimum atomic E-state index is -0.229. The van der Waals surface area contributed by atoms with E-state index in [0.29, 0.717) is 17.1 Å². The molecule has 0 saturated carbocycles. The van der Waals surface area contributed by atoms with Crippen LogP contribution in [0.3, 0.4) is 0 Å². The number of hydrogen-bond acceptors (Lipinski definition) is 4. The summed E-state index contributed by atoms with van der Waals surface area (Å²) in [5, 5.41) is 2.91. The SMILES string of the molecule is COc1cccc(C(=O)Nc2ccccc2SC)c1OC. The fraction of sp³-hybridized carbons (Fsp3) is 0.188. The molecule has 110 valence electrons. The van der Waals surface area contributed by atoms with Gasteiger partial charge in [-0.2, -0.15) is 0 Å². The van der Waals surface area contributed by atoms with E-state index >= 15 is 0 Å². The van der Waals surface area contributed by atoms with Crippen LogP contribution in [0.5, 0.6) is 11.5 Å². The predicted octanol–water partition coefficient (Wildman–Crippen LogP) is 3.68. The Labute approximate surface area is 128 Å². The van der Waals surface area contributed by atoms with E-state index in [0.717, 1.165) is 10.6 Å². The highest BCUT2D eigenvalue weighted by Crippen LogP contribution is 2.32. The van der Waals surface area contributed by atoms with Gasteiger partial charge in [-0.05, 0) is 30.5 Å². The number of amides is 1. The topological polar surface area (TPSA) is 47.6 Å². The molecule has 1 amide bonds. The fourth-order valence-electron chi connectivity index (χ4n) is 2.00. The number of rotatable bonds is 5. The van der Waals surface area contributed by atoms with Crippen LogP contribution < -0.4 is 14.8 Å². The maximum Gasteiger partial charge on any atom is 0.259 e. The van der Waals surface area contributed by atoms with Crippen LogP contribution in [0.1, 0.15) is 10.4 Å². The van der Waals surface area contributed by atoms with Gasteiger partial charge in [0.25, 0.3) is 5.91 Å². The maximum atomic E-state index is 12.5. The third-order valence-corrected chi connectivity index (χ3v) is 3.80. The van der Waals surface area contributed by atoms with Gasteiger partial charge in [-0.25, -0.2) is 0 Å². The molecule has 0 spiro atoms. The summed E-state index contributed by atoms with van der Waals surface area (Å²) in [6.07, 6.45) is 1.97. The van der Waals surface area contributed by atoms with Gasteiger partial charge in [0.2, 0.25) is 0 Å². The molecule has 0 saturated heterocycles. The number of anilines is 1. The number of para-hydroxylation sites is 2. The molecule has 2 aromatic rings. The molecule has 0 heterocycles. The zero-order valence-electron chi connectivity index (χ0n) is 12.2. The highest BCUT2D eigenvalue weighted by atomic mass is 32.2. The number of benzene rings is 2. The maximum absolute atomic E-state index is 12.5. The highest BCUT2D eigenvalue weighted by molar-refractivity contribution is 7.98. The van der Waals surface area contributed by atoms with Gasteiger partial charge in [0, 0.05) is 4.90 Å². The lowest BCUT2D eigenvalue weighted by molar-refractivity contribution is 0.102. The third kappa shape index (κ3) is 3.31. The standard InChI is InChI=1S/C16H17NO3S/c1-19-13-9-6-7-11(15(13)20-2)16(18)17-12-8-4-5-10-14(12)21-3/h4-10H,1-3H3,(H,17,18). The van der Waals surface area contributed by atoms with Gasteiger partial charge >= 0.3 is 0 Å². The minimum Gasteiger partial charge on any atom is -0.493 e. The summed E-state index contributed by atoms with van der Waals surface area (Å²) in [5.41, 5.74) is 1.22. The highest BCUT2D eigenvalue weighted by Gasteiger charge is 2.17. The van der Waals surface area contributed by atoms with Crippen LogP contribution in [0.15, 0.2) is 47.4 Å². The summed E-state index contributed by atoms with van der Waals surface area (Å²) >= 11 is 1.58. The van der Waals surface area contributed by atoms with Gasteiger partial charge in [0.05, 0.1) is 25.5 Å². The Morgan fingerprint density at radius 1 is 1.05 bits per heavy atom. The van der Waals surface area contributed by atoms with Crippen molar-refractivity contribution in [1.82, 2.24) is 0 Å². The normalized spacial score (nSPS) is 10.0. The largest absolute Gasteiger partial charge is 0.493 e. The number of thioether (sulfide) groups is 1. The van der Waals surface area contributed by atoms with Crippen LogP contribution in [0.4, 0.5) is 5.69 Å². The van der Waals surface area contributed by atoms with Gasteiger partial charge < -0.3 is 14.8 Å². The molecule has 0 aliphatic carbocycles. The first-order chi connectivity index (χ1) is 10.2. The van der Waals surface area contributed by atoms with Crippen molar-refractivity contribution in [3.8, 4) is 11.5 Å². The summed E-state index contributed by atoms with van der Waals surface area (Å²) in [6, 6.07) is 12.9. The monoisotopic (exact) mass is 303 g/mol.